The summed E-state index contributed by atoms with van der Waals surface area (Å²) in [5.74, 6) is 0. The van der Waals surface area contributed by atoms with Gasteiger partial charge in [-0.05, 0) is 12.1 Å². The average Bonchev–Trinajstić information content (AvgIpc) is 2.55. The normalized spacial score (nSPS) is 10.5. The maximum atomic E-state index is 11.1. The smallest absolute Gasteiger partial charge is 0.278 e. The minimum absolute atomic E-state index is 0.445. The highest BCUT2D eigenvalue weighted by molar-refractivity contribution is 5.92. The minimum atomic E-state index is -0.941. The van der Waals surface area contributed by atoms with Crippen LogP contribution in [0.5, 0.6) is 0 Å². The quantitative estimate of drug-likeness (QED) is 0.484. The van der Waals surface area contributed by atoms with Gasteiger partial charge in [-0.3, -0.25) is 35.8 Å². The van der Waals surface area contributed by atoms with Gasteiger partial charge in [-0.25, -0.2) is 0 Å². The Kier molecular flexibility index (Phi) is 4.75. The van der Waals surface area contributed by atoms with Gasteiger partial charge in [0.25, 0.3) is 17.1 Å². The SMILES string of the molecule is O=[N+]([O-])c1cc([N+](=O)[O-])c(/C=N/Nc2ccccc2)c([N+](=O)[O-])c1. The molecule has 0 unspecified atom stereocenters. The molecule has 11 heteroatoms. The van der Waals surface area contributed by atoms with Crippen LogP contribution >= 0.6 is 0 Å². The van der Waals surface area contributed by atoms with E-state index in [1.165, 1.54) is 0 Å². The van der Waals surface area contributed by atoms with Crippen molar-refractivity contribution in [3.8, 4) is 0 Å². The summed E-state index contributed by atoms with van der Waals surface area (Å²) in [6.45, 7) is 0. The Hall–Kier alpha value is -3.89. The van der Waals surface area contributed by atoms with E-state index in [1.807, 2.05) is 0 Å². The molecule has 24 heavy (non-hydrogen) atoms. The van der Waals surface area contributed by atoms with Crippen LogP contribution in [-0.2, 0) is 0 Å². The Labute approximate surface area is 133 Å². The van der Waals surface area contributed by atoms with Crippen molar-refractivity contribution in [2.24, 2.45) is 5.10 Å². The second-order valence-electron chi connectivity index (χ2n) is 4.41. The summed E-state index contributed by atoms with van der Waals surface area (Å²) in [6, 6.07) is 9.82. The van der Waals surface area contributed by atoms with E-state index in [0.29, 0.717) is 17.8 Å². The molecule has 0 amide bonds. The van der Waals surface area contributed by atoms with Gasteiger partial charge < -0.3 is 0 Å². The first-order valence-corrected chi connectivity index (χ1v) is 6.35. The molecule has 2 aromatic rings. The van der Waals surface area contributed by atoms with Gasteiger partial charge in [-0.1, -0.05) is 18.2 Å². The zero-order valence-corrected chi connectivity index (χ0v) is 11.9. The molecule has 2 aromatic carbocycles. The topological polar surface area (TPSA) is 154 Å². The predicted octanol–water partition coefficient (Wildman–Crippen LogP) is 2.86. The fraction of sp³-hybridized carbons (Fsp3) is 0. The second-order valence-corrected chi connectivity index (χ2v) is 4.41. The van der Waals surface area contributed by atoms with Crippen LogP contribution in [0.2, 0.25) is 0 Å². The van der Waals surface area contributed by atoms with Crippen LogP contribution in [0, 0.1) is 30.3 Å². The van der Waals surface area contributed by atoms with Crippen molar-refractivity contribution in [3.63, 3.8) is 0 Å². The Morgan fingerprint density at radius 3 is 1.88 bits per heavy atom. The summed E-state index contributed by atoms with van der Waals surface area (Å²) in [7, 11) is 0. The lowest BCUT2D eigenvalue weighted by atomic mass is 10.1. The van der Waals surface area contributed by atoms with Crippen LogP contribution < -0.4 is 5.43 Å². The molecule has 0 radical (unpaired) electrons. The monoisotopic (exact) mass is 331 g/mol. The van der Waals surface area contributed by atoms with Gasteiger partial charge in [0.1, 0.15) is 0 Å². The number of benzene rings is 2. The van der Waals surface area contributed by atoms with Gasteiger partial charge >= 0.3 is 0 Å². The first-order valence-electron chi connectivity index (χ1n) is 6.35. The predicted molar refractivity (Wildman–Crippen MR) is 84.1 cm³/mol. The Morgan fingerprint density at radius 2 is 1.42 bits per heavy atom. The maximum Gasteiger partial charge on any atom is 0.292 e. The number of hydrazone groups is 1. The second kappa shape index (κ2) is 6.91. The fourth-order valence-corrected chi connectivity index (χ4v) is 1.83. The molecule has 0 atom stereocenters. The van der Waals surface area contributed by atoms with Crippen LogP contribution in [0.3, 0.4) is 0 Å². The molecule has 0 saturated carbocycles. The minimum Gasteiger partial charge on any atom is -0.278 e. The van der Waals surface area contributed by atoms with Gasteiger partial charge in [0, 0.05) is 0 Å². The highest BCUT2D eigenvalue weighted by Crippen LogP contribution is 2.32. The molecule has 0 saturated heterocycles. The lowest BCUT2D eigenvalue weighted by molar-refractivity contribution is -0.403. The molecule has 0 bridgehead atoms. The molecular weight excluding hydrogens is 322 g/mol. The number of anilines is 1. The summed E-state index contributed by atoms with van der Waals surface area (Å²) in [5.41, 5.74) is 0.350. The van der Waals surface area contributed by atoms with E-state index in [9.17, 15) is 30.3 Å². The van der Waals surface area contributed by atoms with Crippen LogP contribution in [0.25, 0.3) is 0 Å². The van der Waals surface area contributed by atoms with Crippen molar-refractivity contribution in [2.75, 3.05) is 5.43 Å². The van der Waals surface area contributed by atoms with E-state index >= 15 is 0 Å². The van der Waals surface area contributed by atoms with Gasteiger partial charge in [-0.15, -0.1) is 0 Å². The third-order valence-corrected chi connectivity index (χ3v) is 2.89. The van der Waals surface area contributed by atoms with Crippen LogP contribution in [0.15, 0.2) is 47.6 Å². The molecule has 0 aliphatic carbocycles. The molecule has 122 valence electrons. The Balaban J connectivity index is 2.48. The Morgan fingerprint density at radius 1 is 0.875 bits per heavy atom. The molecule has 0 aliphatic heterocycles. The summed E-state index contributed by atoms with van der Waals surface area (Å²) in [6.07, 6.45) is 0.882. The molecule has 0 heterocycles. The van der Waals surface area contributed by atoms with Gasteiger partial charge in [0.15, 0.2) is 5.56 Å². The van der Waals surface area contributed by atoms with E-state index in [4.69, 9.17) is 0 Å². The van der Waals surface area contributed by atoms with Crippen molar-refractivity contribution in [1.29, 1.82) is 0 Å². The summed E-state index contributed by atoms with van der Waals surface area (Å²) in [5, 5.41) is 36.7. The average molecular weight is 331 g/mol. The number of nitro benzene ring substituents is 3. The fourth-order valence-electron chi connectivity index (χ4n) is 1.83. The molecule has 1 N–H and O–H groups in total. The number of nitro groups is 3. The summed E-state index contributed by atoms with van der Waals surface area (Å²) in [4.78, 5) is 30.1. The van der Waals surface area contributed by atoms with E-state index in [0.717, 1.165) is 6.21 Å². The van der Waals surface area contributed by atoms with E-state index in [2.05, 4.69) is 10.5 Å². The van der Waals surface area contributed by atoms with Crippen molar-refractivity contribution in [2.45, 2.75) is 0 Å². The van der Waals surface area contributed by atoms with E-state index < -0.39 is 37.4 Å². The summed E-state index contributed by atoms with van der Waals surface area (Å²) < 4.78 is 0. The number of para-hydroxylation sites is 1. The van der Waals surface area contributed by atoms with Crippen LogP contribution in [-0.4, -0.2) is 21.0 Å². The number of non-ortho nitro benzene ring substituents is 1. The van der Waals surface area contributed by atoms with E-state index in [1.54, 1.807) is 30.3 Å². The van der Waals surface area contributed by atoms with Gasteiger partial charge in [0.05, 0.1) is 38.8 Å². The van der Waals surface area contributed by atoms with Gasteiger partial charge in [-0.2, -0.15) is 5.10 Å². The van der Waals surface area contributed by atoms with Crippen molar-refractivity contribution in [1.82, 2.24) is 0 Å². The largest absolute Gasteiger partial charge is 0.292 e. The van der Waals surface area contributed by atoms with Crippen molar-refractivity contribution in [3.05, 3.63) is 78.4 Å². The van der Waals surface area contributed by atoms with Crippen LogP contribution in [0.1, 0.15) is 5.56 Å². The van der Waals surface area contributed by atoms with Crippen LogP contribution in [0.4, 0.5) is 22.7 Å². The molecule has 2 rings (SSSR count). The number of hydrogen-bond donors (Lipinski definition) is 1. The highest BCUT2D eigenvalue weighted by Gasteiger charge is 2.29. The first-order chi connectivity index (χ1) is 11.4. The molecule has 0 aliphatic rings. The number of nitrogens with one attached hydrogen (secondary N) is 1. The molecule has 0 fully saturated rings. The zero-order chi connectivity index (χ0) is 17.7. The maximum absolute atomic E-state index is 11.1. The molecule has 11 nitrogen and oxygen atoms in total. The Bertz CT molecular complexity index is 801. The standard InChI is InChI=1S/C13H9N5O6/c19-16(20)10-6-12(17(21)22)11(13(7-10)18(23)24)8-14-15-9-4-2-1-3-5-9/h1-8,15H/b14-8+. The molecular formula is C13H9N5O6. The van der Waals surface area contributed by atoms with Gasteiger partial charge in [0.2, 0.25) is 0 Å². The summed E-state index contributed by atoms with van der Waals surface area (Å²) >= 11 is 0. The highest BCUT2D eigenvalue weighted by atomic mass is 16.6. The zero-order valence-electron chi connectivity index (χ0n) is 11.9. The number of rotatable bonds is 6. The number of hydrogen-bond acceptors (Lipinski definition) is 8. The van der Waals surface area contributed by atoms with Crippen molar-refractivity contribution >= 4 is 29.0 Å². The number of nitrogens with zero attached hydrogens (tertiary/aromatic N) is 4. The lowest BCUT2D eigenvalue weighted by Gasteiger charge is -2.01. The van der Waals surface area contributed by atoms with Crippen molar-refractivity contribution < 1.29 is 14.8 Å². The van der Waals surface area contributed by atoms with E-state index in [-0.39, 0.29) is 0 Å². The third kappa shape index (κ3) is 3.65. The first kappa shape index (κ1) is 16.5. The third-order valence-electron chi connectivity index (χ3n) is 2.89. The lowest BCUT2D eigenvalue weighted by Crippen LogP contribution is -2.03. The molecule has 0 spiro atoms. The molecule has 0 aromatic heterocycles.